The van der Waals surface area contributed by atoms with Crippen LogP contribution in [0.25, 0.3) is 0 Å². The van der Waals surface area contributed by atoms with Crippen molar-refractivity contribution in [3.8, 4) is 0 Å². The van der Waals surface area contributed by atoms with Crippen molar-refractivity contribution in [3.05, 3.63) is 88.1 Å². The Hall–Kier alpha value is -2.57. The first kappa shape index (κ1) is 23.6. The zero-order valence-corrected chi connectivity index (χ0v) is 20.8. The van der Waals surface area contributed by atoms with E-state index in [1.165, 1.54) is 22.2 Å². The first-order chi connectivity index (χ1) is 16.1. The predicted molar refractivity (Wildman–Crippen MR) is 137 cm³/mol. The van der Waals surface area contributed by atoms with Crippen LogP contribution in [0.15, 0.2) is 77.0 Å². The third-order valence-electron chi connectivity index (χ3n) is 6.26. The molecule has 2 amide bonds. The van der Waals surface area contributed by atoms with Crippen LogP contribution in [0.5, 0.6) is 0 Å². The van der Waals surface area contributed by atoms with Gasteiger partial charge in [0.15, 0.2) is 0 Å². The molecule has 1 aliphatic heterocycles. The fourth-order valence-electron chi connectivity index (χ4n) is 4.27. The standard InChI is InChI=1S/C27H30N2O2S2/c1-3-20(2)29(26(31)19-33-22-12-8-5-9-13-22)18-25(30)28-16-14-24-23(15-17-32-24)27(28)21-10-6-4-7-11-21/h4-13,15,17,20,27H,3,14,16,18-19H2,1-2H3. The molecule has 6 heteroatoms. The zero-order chi connectivity index (χ0) is 23.2. The summed E-state index contributed by atoms with van der Waals surface area (Å²) >= 11 is 3.29. The quantitative estimate of drug-likeness (QED) is 0.393. The molecule has 33 heavy (non-hydrogen) atoms. The van der Waals surface area contributed by atoms with Crippen molar-refractivity contribution >= 4 is 34.9 Å². The number of thioether (sulfide) groups is 1. The Morgan fingerprint density at radius 1 is 1.09 bits per heavy atom. The molecular weight excluding hydrogens is 448 g/mol. The molecular formula is C27H30N2O2S2. The number of carbonyl (C=O) groups is 2. The number of amides is 2. The summed E-state index contributed by atoms with van der Waals surface area (Å²) < 4.78 is 0. The van der Waals surface area contributed by atoms with Crippen molar-refractivity contribution in [1.29, 1.82) is 0 Å². The van der Waals surface area contributed by atoms with Gasteiger partial charge in [-0.1, -0.05) is 55.5 Å². The first-order valence-corrected chi connectivity index (χ1v) is 13.3. The maximum Gasteiger partial charge on any atom is 0.243 e. The number of hydrogen-bond donors (Lipinski definition) is 0. The molecule has 4 rings (SSSR count). The summed E-state index contributed by atoms with van der Waals surface area (Å²) in [4.78, 5) is 33.0. The molecule has 2 atom stereocenters. The molecule has 0 N–H and O–H groups in total. The SMILES string of the molecule is CCC(C)N(CC(=O)N1CCc2sccc2C1c1ccccc1)C(=O)CSc1ccccc1. The number of benzene rings is 2. The minimum Gasteiger partial charge on any atom is -0.330 e. The summed E-state index contributed by atoms with van der Waals surface area (Å²) in [6, 6.07) is 22.2. The van der Waals surface area contributed by atoms with Gasteiger partial charge >= 0.3 is 0 Å². The van der Waals surface area contributed by atoms with E-state index in [0.29, 0.717) is 12.3 Å². The topological polar surface area (TPSA) is 40.6 Å². The van der Waals surface area contributed by atoms with E-state index in [-0.39, 0.29) is 30.4 Å². The van der Waals surface area contributed by atoms with Gasteiger partial charge in [0, 0.05) is 22.4 Å². The lowest BCUT2D eigenvalue weighted by Gasteiger charge is -2.38. The lowest BCUT2D eigenvalue weighted by Crippen LogP contribution is -2.49. The summed E-state index contributed by atoms with van der Waals surface area (Å²) in [5.41, 5.74) is 2.33. The van der Waals surface area contributed by atoms with E-state index < -0.39 is 0 Å². The van der Waals surface area contributed by atoms with E-state index in [2.05, 4.69) is 30.5 Å². The highest BCUT2D eigenvalue weighted by molar-refractivity contribution is 8.00. The molecule has 2 heterocycles. The lowest BCUT2D eigenvalue weighted by atomic mass is 9.93. The van der Waals surface area contributed by atoms with Gasteiger partial charge in [-0.25, -0.2) is 0 Å². The van der Waals surface area contributed by atoms with Gasteiger partial charge in [-0.2, -0.15) is 0 Å². The average molecular weight is 479 g/mol. The number of thiophene rings is 1. The average Bonchev–Trinajstić information content (AvgIpc) is 3.34. The lowest BCUT2D eigenvalue weighted by molar-refractivity contribution is -0.142. The maximum absolute atomic E-state index is 13.7. The van der Waals surface area contributed by atoms with Crippen molar-refractivity contribution in [3.63, 3.8) is 0 Å². The molecule has 2 aromatic carbocycles. The minimum atomic E-state index is -0.0960. The second-order valence-electron chi connectivity index (χ2n) is 8.33. The minimum absolute atomic E-state index is 0.00879. The summed E-state index contributed by atoms with van der Waals surface area (Å²) in [5.74, 6) is 0.355. The largest absolute Gasteiger partial charge is 0.330 e. The normalized spacial score (nSPS) is 16.2. The van der Waals surface area contributed by atoms with Gasteiger partial charge in [-0.05, 0) is 54.5 Å². The molecule has 3 aromatic rings. The van der Waals surface area contributed by atoms with E-state index in [9.17, 15) is 9.59 Å². The van der Waals surface area contributed by atoms with Crippen molar-refractivity contribution in [2.24, 2.45) is 0 Å². The molecule has 0 bridgehead atoms. The summed E-state index contributed by atoms with van der Waals surface area (Å²) in [6.07, 6.45) is 1.68. The molecule has 172 valence electrons. The Labute approximate surface area is 204 Å². The molecule has 1 aromatic heterocycles. The number of rotatable bonds is 8. The number of fused-ring (bicyclic) bond motifs is 1. The Morgan fingerprint density at radius 2 is 1.79 bits per heavy atom. The molecule has 2 unspecified atom stereocenters. The highest BCUT2D eigenvalue weighted by Gasteiger charge is 2.34. The highest BCUT2D eigenvalue weighted by Crippen LogP contribution is 2.37. The van der Waals surface area contributed by atoms with Crippen LogP contribution in [-0.2, 0) is 16.0 Å². The molecule has 0 saturated carbocycles. The van der Waals surface area contributed by atoms with Crippen LogP contribution in [-0.4, -0.2) is 46.5 Å². The summed E-state index contributed by atoms with van der Waals surface area (Å²) in [5, 5.41) is 2.12. The van der Waals surface area contributed by atoms with Gasteiger partial charge in [0.1, 0.15) is 6.54 Å². The number of hydrogen-bond acceptors (Lipinski definition) is 4. The Kier molecular flexibility index (Phi) is 7.89. The molecule has 0 aliphatic carbocycles. The predicted octanol–water partition coefficient (Wildman–Crippen LogP) is 5.64. The maximum atomic E-state index is 13.7. The molecule has 0 radical (unpaired) electrons. The fraction of sp³-hybridized carbons (Fsp3) is 0.333. The fourth-order valence-corrected chi connectivity index (χ4v) is 5.98. The molecule has 4 nitrogen and oxygen atoms in total. The third-order valence-corrected chi connectivity index (χ3v) is 8.25. The summed E-state index contributed by atoms with van der Waals surface area (Å²) in [6.45, 7) is 4.88. The van der Waals surface area contributed by atoms with Crippen molar-refractivity contribution in [2.45, 2.75) is 43.7 Å². The monoisotopic (exact) mass is 478 g/mol. The second kappa shape index (κ2) is 11.0. The van der Waals surface area contributed by atoms with E-state index >= 15 is 0 Å². The van der Waals surface area contributed by atoms with Crippen LogP contribution >= 0.6 is 23.1 Å². The zero-order valence-electron chi connectivity index (χ0n) is 19.1. The highest BCUT2D eigenvalue weighted by atomic mass is 32.2. The van der Waals surface area contributed by atoms with Gasteiger partial charge in [-0.3, -0.25) is 9.59 Å². The van der Waals surface area contributed by atoms with E-state index in [1.807, 2.05) is 60.4 Å². The van der Waals surface area contributed by atoms with Crippen molar-refractivity contribution < 1.29 is 9.59 Å². The number of carbonyl (C=O) groups excluding carboxylic acids is 2. The van der Waals surface area contributed by atoms with Gasteiger partial charge in [0.25, 0.3) is 0 Å². The van der Waals surface area contributed by atoms with Crippen LogP contribution in [0.3, 0.4) is 0 Å². The van der Waals surface area contributed by atoms with Crippen LogP contribution < -0.4 is 0 Å². The Bertz CT molecular complexity index is 1070. The van der Waals surface area contributed by atoms with Crippen LogP contribution in [0.1, 0.15) is 42.3 Å². The van der Waals surface area contributed by atoms with Crippen LogP contribution in [0.2, 0.25) is 0 Å². The Balaban J connectivity index is 1.52. The molecule has 0 spiro atoms. The van der Waals surface area contributed by atoms with E-state index in [1.54, 1.807) is 16.2 Å². The van der Waals surface area contributed by atoms with Crippen LogP contribution in [0.4, 0.5) is 0 Å². The third kappa shape index (κ3) is 5.50. The van der Waals surface area contributed by atoms with Gasteiger partial charge in [-0.15, -0.1) is 23.1 Å². The van der Waals surface area contributed by atoms with Crippen molar-refractivity contribution in [2.75, 3.05) is 18.8 Å². The van der Waals surface area contributed by atoms with Crippen LogP contribution in [0, 0.1) is 0 Å². The van der Waals surface area contributed by atoms with Gasteiger partial charge in [0.2, 0.25) is 11.8 Å². The van der Waals surface area contributed by atoms with Crippen molar-refractivity contribution in [1.82, 2.24) is 9.80 Å². The first-order valence-electron chi connectivity index (χ1n) is 11.5. The van der Waals surface area contributed by atoms with E-state index in [0.717, 1.165) is 23.3 Å². The summed E-state index contributed by atoms with van der Waals surface area (Å²) in [7, 11) is 0. The van der Waals surface area contributed by atoms with Gasteiger partial charge < -0.3 is 9.80 Å². The molecule has 0 fully saturated rings. The molecule has 0 saturated heterocycles. The number of nitrogens with zero attached hydrogens (tertiary/aromatic N) is 2. The Morgan fingerprint density at radius 3 is 2.48 bits per heavy atom. The molecule has 1 aliphatic rings. The smallest absolute Gasteiger partial charge is 0.243 e. The van der Waals surface area contributed by atoms with Gasteiger partial charge in [0.05, 0.1) is 11.8 Å². The second-order valence-corrected chi connectivity index (χ2v) is 10.4. The van der Waals surface area contributed by atoms with E-state index in [4.69, 9.17) is 0 Å².